The van der Waals surface area contributed by atoms with Gasteiger partial charge in [-0.3, -0.25) is 0 Å². The summed E-state index contributed by atoms with van der Waals surface area (Å²) < 4.78 is 28.4. The second-order valence-electron chi connectivity index (χ2n) is 5.96. The van der Waals surface area contributed by atoms with E-state index >= 15 is 0 Å². The number of halogens is 1. The molecule has 0 radical (unpaired) electrons. The number of anilines is 1. The van der Waals surface area contributed by atoms with Gasteiger partial charge in [-0.2, -0.15) is 0 Å². The first-order valence-electron chi connectivity index (χ1n) is 6.79. The number of hydrogen-bond donors (Lipinski definition) is 2. The first-order chi connectivity index (χ1) is 9.23. The summed E-state index contributed by atoms with van der Waals surface area (Å²) in [4.78, 5) is 0.256. The van der Waals surface area contributed by atoms with Crippen molar-refractivity contribution in [3.8, 4) is 0 Å². The van der Waals surface area contributed by atoms with Crippen LogP contribution in [0, 0.1) is 12.3 Å². The van der Waals surface area contributed by atoms with Crippen molar-refractivity contribution in [2.45, 2.75) is 44.4 Å². The summed E-state index contributed by atoms with van der Waals surface area (Å²) in [6, 6.07) is 3.32. The second kappa shape index (κ2) is 5.66. The Balaban J connectivity index is 2.22. The maximum absolute atomic E-state index is 12.5. The van der Waals surface area contributed by atoms with E-state index in [-0.39, 0.29) is 10.3 Å². The molecule has 112 valence electrons. The van der Waals surface area contributed by atoms with E-state index in [0.29, 0.717) is 22.3 Å². The van der Waals surface area contributed by atoms with Gasteiger partial charge >= 0.3 is 0 Å². The SMILES string of the molecule is Cc1c(N)cc(Br)cc1S(=O)(=O)NCC1(C)CCCC1. The van der Waals surface area contributed by atoms with Crippen molar-refractivity contribution in [2.75, 3.05) is 12.3 Å². The lowest BCUT2D eigenvalue weighted by atomic mass is 9.89. The fourth-order valence-corrected chi connectivity index (χ4v) is 4.83. The fraction of sp³-hybridized carbons (Fsp3) is 0.571. The Morgan fingerprint density at radius 2 is 1.95 bits per heavy atom. The average Bonchev–Trinajstić information content (AvgIpc) is 2.79. The molecule has 1 aliphatic carbocycles. The summed E-state index contributed by atoms with van der Waals surface area (Å²) in [5.74, 6) is 0. The molecule has 1 saturated carbocycles. The van der Waals surface area contributed by atoms with Crippen LogP contribution in [0.1, 0.15) is 38.2 Å². The van der Waals surface area contributed by atoms with Gasteiger partial charge in [0.15, 0.2) is 0 Å². The Labute approximate surface area is 129 Å². The van der Waals surface area contributed by atoms with Crippen molar-refractivity contribution < 1.29 is 8.42 Å². The van der Waals surface area contributed by atoms with Crippen LogP contribution >= 0.6 is 15.9 Å². The summed E-state index contributed by atoms with van der Waals surface area (Å²) in [7, 11) is -3.52. The van der Waals surface area contributed by atoms with Gasteiger partial charge < -0.3 is 5.73 Å². The monoisotopic (exact) mass is 360 g/mol. The highest BCUT2D eigenvalue weighted by Gasteiger charge is 2.30. The molecule has 1 aromatic rings. The molecule has 0 bridgehead atoms. The first-order valence-corrected chi connectivity index (χ1v) is 9.06. The van der Waals surface area contributed by atoms with Crippen molar-refractivity contribution in [3.05, 3.63) is 22.2 Å². The topological polar surface area (TPSA) is 72.2 Å². The summed E-state index contributed by atoms with van der Waals surface area (Å²) in [6.07, 6.45) is 4.52. The molecule has 4 nitrogen and oxygen atoms in total. The molecule has 1 aliphatic rings. The zero-order chi connectivity index (χ0) is 15.0. The van der Waals surface area contributed by atoms with Crippen molar-refractivity contribution in [1.29, 1.82) is 0 Å². The van der Waals surface area contributed by atoms with Gasteiger partial charge in [0.2, 0.25) is 10.0 Å². The molecule has 0 atom stereocenters. The molecule has 0 heterocycles. The molecule has 3 N–H and O–H groups in total. The third-order valence-corrected chi connectivity index (χ3v) is 6.14. The highest BCUT2D eigenvalue weighted by Crippen LogP contribution is 2.37. The molecule has 0 aromatic heterocycles. The minimum atomic E-state index is -3.52. The van der Waals surface area contributed by atoms with Gasteiger partial charge in [0.25, 0.3) is 0 Å². The Kier molecular flexibility index (Phi) is 4.47. The van der Waals surface area contributed by atoms with Crippen molar-refractivity contribution in [1.82, 2.24) is 4.72 Å². The highest BCUT2D eigenvalue weighted by atomic mass is 79.9. The van der Waals surface area contributed by atoms with E-state index in [1.165, 1.54) is 12.8 Å². The van der Waals surface area contributed by atoms with Gasteiger partial charge in [-0.15, -0.1) is 0 Å². The van der Waals surface area contributed by atoms with Crippen LogP contribution in [0.3, 0.4) is 0 Å². The van der Waals surface area contributed by atoms with Gasteiger partial charge in [0.1, 0.15) is 0 Å². The lowest BCUT2D eigenvalue weighted by molar-refractivity contribution is 0.336. The quantitative estimate of drug-likeness (QED) is 0.809. The van der Waals surface area contributed by atoms with Crippen LogP contribution in [-0.2, 0) is 10.0 Å². The summed E-state index contributed by atoms with van der Waals surface area (Å²) >= 11 is 3.30. The lowest BCUT2D eigenvalue weighted by Crippen LogP contribution is -2.34. The Hall–Kier alpha value is -0.590. The zero-order valence-electron chi connectivity index (χ0n) is 11.9. The van der Waals surface area contributed by atoms with Crippen LogP contribution in [0.2, 0.25) is 0 Å². The number of hydrogen-bond acceptors (Lipinski definition) is 3. The third kappa shape index (κ3) is 3.35. The number of nitrogens with two attached hydrogens (primary N) is 1. The summed E-state index contributed by atoms with van der Waals surface area (Å²) in [5.41, 5.74) is 7.00. The van der Waals surface area contributed by atoms with E-state index < -0.39 is 10.0 Å². The summed E-state index contributed by atoms with van der Waals surface area (Å²) in [6.45, 7) is 4.36. The number of sulfonamides is 1. The molecular formula is C14H21BrN2O2S. The maximum atomic E-state index is 12.5. The Morgan fingerprint density at radius 1 is 1.35 bits per heavy atom. The predicted octanol–water partition coefficient (Wildman–Crippen LogP) is 3.20. The minimum Gasteiger partial charge on any atom is -0.398 e. The molecular weight excluding hydrogens is 340 g/mol. The average molecular weight is 361 g/mol. The number of nitrogens with one attached hydrogen (secondary N) is 1. The van der Waals surface area contributed by atoms with Gasteiger partial charge in [0.05, 0.1) is 4.90 Å². The molecule has 0 amide bonds. The smallest absolute Gasteiger partial charge is 0.240 e. The highest BCUT2D eigenvalue weighted by molar-refractivity contribution is 9.10. The fourth-order valence-electron chi connectivity index (χ4n) is 2.71. The maximum Gasteiger partial charge on any atom is 0.240 e. The molecule has 6 heteroatoms. The Morgan fingerprint density at radius 3 is 2.55 bits per heavy atom. The van der Waals surface area contributed by atoms with Crippen LogP contribution in [0.5, 0.6) is 0 Å². The molecule has 0 aliphatic heterocycles. The largest absolute Gasteiger partial charge is 0.398 e. The van der Waals surface area contributed by atoms with Crippen molar-refractivity contribution in [3.63, 3.8) is 0 Å². The molecule has 0 saturated heterocycles. The molecule has 0 unspecified atom stereocenters. The van der Waals surface area contributed by atoms with E-state index in [0.717, 1.165) is 12.8 Å². The van der Waals surface area contributed by atoms with Crippen LogP contribution in [-0.4, -0.2) is 15.0 Å². The standard InChI is InChI=1S/C14H21BrN2O2S/c1-10-12(16)7-11(15)8-13(10)20(18,19)17-9-14(2)5-3-4-6-14/h7-8,17H,3-6,9,16H2,1-2H3. The normalized spacial score (nSPS) is 18.4. The Bertz CT molecular complexity index is 608. The minimum absolute atomic E-state index is 0.0819. The predicted molar refractivity (Wildman–Crippen MR) is 85.1 cm³/mol. The van der Waals surface area contributed by atoms with Crippen LogP contribution < -0.4 is 10.5 Å². The number of nitrogen functional groups attached to an aromatic ring is 1. The van der Waals surface area contributed by atoms with Crippen LogP contribution in [0.15, 0.2) is 21.5 Å². The van der Waals surface area contributed by atoms with Gasteiger partial charge in [-0.1, -0.05) is 35.7 Å². The molecule has 2 rings (SSSR count). The molecule has 0 spiro atoms. The molecule has 1 fully saturated rings. The van der Waals surface area contributed by atoms with E-state index in [1.54, 1.807) is 19.1 Å². The van der Waals surface area contributed by atoms with Crippen LogP contribution in [0.25, 0.3) is 0 Å². The lowest BCUT2D eigenvalue weighted by Gasteiger charge is -2.24. The van der Waals surface area contributed by atoms with Gasteiger partial charge in [-0.05, 0) is 42.9 Å². The van der Waals surface area contributed by atoms with E-state index in [9.17, 15) is 8.42 Å². The number of benzene rings is 1. The van der Waals surface area contributed by atoms with Gasteiger partial charge in [0, 0.05) is 16.7 Å². The third-order valence-electron chi connectivity index (χ3n) is 4.15. The van der Waals surface area contributed by atoms with Crippen LogP contribution in [0.4, 0.5) is 5.69 Å². The van der Waals surface area contributed by atoms with Crippen molar-refractivity contribution in [2.24, 2.45) is 5.41 Å². The number of rotatable bonds is 4. The second-order valence-corrected chi connectivity index (χ2v) is 8.61. The van der Waals surface area contributed by atoms with E-state index in [1.807, 2.05) is 0 Å². The molecule has 1 aromatic carbocycles. The first kappa shape index (κ1) is 15.8. The zero-order valence-corrected chi connectivity index (χ0v) is 14.3. The molecule has 20 heavy (non-hydrogen) atoms. The van der Waals surface area contributed by atoms with Gasteiger partial charge in [-0.25, -0.2) is 13.1 Å². The summed E-state index contributed by atoms with van der Waals surface area (Å²) in [5, 5.41) is 0. The van der Waals surface area contributed by atoms with E-state index in [4.69, 9.17) is 5.73 Å². The van der Waals surface area contributed by atoms with E-state index in [2.05, 4.69) is 27.6 Å². The van der Waals surface area contributed by atoms with Crippen molar-refractivity contribution >= 4 is 31.6 Å².